The van der Waals surface area contributed by atoms with Gasteiger partial charge < -0.3 is 14.4 Å². The van der Waals surface area contributed by atoms with E-state index < -0.39 is 11.8 Å². The van der Waals surface area contributed by atoms with E-state index in [1.54, 1.807) is 4.90 Å². The highest BCUT2D eigenvalue weighted by Crippen LogP contribution is 2.35. The van der Waals surface area contributed by atoms with Crippen molar-refractivity contribution in [3.8, 4) is 0 Å². The first-order valence-electron chi connectivity index (χ1n) is 12.8. The van der Waals surface area contributed by atoms with E-state index in [0.717, 1.165) is 38.8 Å². The number of rotatable bonds is 3. The van der Waals surface area contributed by atoms with Crippen LogP contribution in [0.1, 0.15) is 66.7 Å². The van der Waals surface area contributed by atoms with E-state index in [4.69, 9.17) is 14.3 Å². The van der Waals surface area contributed by atoms with Crippen LogP contribution in [0.2, 0.25) is 0 Å². The highest BCUT2D eigenvalue weighted by Gasteiger charge is 2.43. The summed E-state index contributed by atoms with van der Waals surface area (Å²) in [5, 5.41) is 3.63. The number of alkyl halides is 1. The number of halogens is 1. The van der Waals surface area contributed by atoms with E-state index >= 15 is 0 Å². The molecule has 7 atom stereocenters. The van der Waals surface area contributed by atoms with Gasteiger partial charge in [-0.05, 0) is 72.6 Å². The first kappa shape index (κ1) is 25.1. The SMILES string of the molecule is CC1CN(C2CC(C3NC(C4CCN(C(=O)OC(C)(C)C)CC4)NO3)CCC2F)CC(C)O1. The zero-order chi connectivity index (χ0) is 23.8. The summed E-state index contributed by atoms with van der Waals surface area (Å²) in [6.45, 7) is 12.8. The number of nitrogens with one attached hydrogen (secondary N) is 2. The highest BCUT2D eigenvalue weighted by atomic mass is 19.1. The maximum atomic E-state index is 14.9. The summed E-state index contributed by atoms with van der Waals surface area (Å²) >= 11 is 0. The van der Waals surface area contributed by atoms with Gasteiger partial charge in [-0.25, -0.2) is 9.18 Å². The van der Waals surface area contributed by atoms with E-state index in [1.807, 2.05) is 20.8 Å². The lowest BCUT2D eigenvalue weighted by molar-refractivity contribution is -0.105. The number of hydrogen-bond donors (Lipinski definition) is 2. The minimum absolute atomic E-state index is 0.0563. The Hall–Kier alpha value is -1.00. The third-order valence-electron chi connectivity index (χ3n) is 7.45. The third kappa shape index (κ3) is 6.36. The lowest BCUT2D eigenvalue weighted by Crippen LogP contribution is -2.56. The van der Waals surface area contributed by atoms with Crippen molar-refractivity contribution in [1.29, 1.82) is 0 Å². The predicted octanol–water partition coefficient (Wildman–Crippen LogP) is 3.03. The molecular weight excluding hydrogens is 427 g/mol. The lowest BCUT2D eigenvalue weighted by Gasteiger charge is -2.45. The van der Waals surface area contributed by atoms with Gasteiger partial charge in [-0.1, -0.05) is 0 Å². The average molecular weight is 471 g/mol. The topological polar surface area (TPSA) is 75.3 Å². The fourth-order valence-corrected chi connectivity index (χ4v) is 5.88. The zero-order valence-electron chi connectivity index (χ0n) is 20.9. The monoisotopic (exact) mass is 470 g/mol. The Morgan fingerprint density at radius 3 is 2.33 bits per heavy atom. The standard InChI is InChI=1S/C24H43FN4O4/c1-15-13-29(14-16(2)31-15)20-12-18(6-7-19(20)25)22-26-21(27-33-22)17-8-10-28(11-9-17)23(30)32-24(3,4)5/h15-22,26-27H,6-14H2,1-5H3. The molecule has 4 aliphatic rings. The quantitative estimate of drug-likeness (QED) is 0.657. The van der Waals surface area contributed by atoms with Gasteiger partial charge in [0, 0.05) is 38.1 Å². The number of amides is 1. The van der Waals surface area contributed by atoms with Crippen molar-refractivity contribution in [2.24, 2.45) is 11.8 Å². The summed E-state index contributed by atoms with van der Waals surface area (Å²) < 4.78 is 26.3. The molecule has 0 spiro atoms. The van der Waals surface area contributed by atoms with Crippen LogP contribution in [0.3, 0.4) is 0 Å². The Balaban J connectivity index is 1.26. The van der Waals surface area contributed by atoms with Crippen LogP contribution in [0, 0.1) is 11.8 Å². The molecule has 1 amide bonds. The number of hydrogen-bond acceptors (Lipinski definition) is 7. The number of piperidine rings is 1. The fourth-order valence-electron chi connectivity index (χ4n) is 5.88. The van der Waals surface area contributed by atoms with Gasteiger partial charge >= 0.3 is 6.09 Å². The van der Waals surface area contributed by atoms with E-state index in [2.05, 4.69) is 29.5 Å². The Kier molecular flexibility index (Phi) is 7.85. The largest absolute Gasteiger partial charge is 0.444 e. The third-order valence-corrected chi connectivity index (χ3v) is 7.45. The molecule has 0 radical (unpaired) electrons. The second-order valence-corrected chi connectivity index (χ2v) is 11.5. The molecule has 3 aliphatic heterocycles. The van der Waals surface area contributed by atoms with Crippen LogP contribution < -0.4 is 10.8 Å². The van der Waals surface area contributed by atoms with Crippen LogP contribution in [-0.4, -0.2) is 84.5 Å². The smallest absolute Gasteiger partial charge is 0.410 e. The van der Waals surface area contributed by atoms with Crippen LogP contribution in [0.5, 0.6) is 0 Å². The van der Waals surface area contributed by atoms with E-state index in [0.29, 0.717) is 25.4 Å². The van der Waals surface area contributed by atoms with Crippen LogP contribution in [-0.2, 0) is 14.3 Å². The molecule has 0 aromatic carbocycles. The molecule has 3 heterocycles. The van der Waals surface area contributed by atoms with Crippen molar-refractivity contribution in [1.82, 2.24) is 20.6 Å². The van der Waals surface area contributed by atoms with E-state index in [9.17, 15) is 9.18 Å². The number of carbonyl (C=O) groups is 1. The van der Waals surface area contributed by atoms with Gasteiger partial charge in [0.15, 0.2) is 0 Å². The molecule has 190 valence electrons. The van der Waals surface area contributed by atoms with Crippen molar-refractivity contribution in [3.05, 3.63) is 0 Å². The van der Waals surface area contributed by atoms with Gasteiger partial charge in [-0.15, -0.1) is 0 Å². The van der Waals surface area contributed by atoms with Gasteiger partial charge in [0.05, 0.1) is 18.4 Å². The van der Waals surface area contributed by atoms with Crippen LogP contribution in [0.15, 0.2) is 0 Å². The second kappa shape index (κ2) is 10.3. The van der Waals surface area contributed by atoms with Crippen molar-refractivity contribution in [3.63, 3.8) is 0 Å². The Morgan fingerprint density at radius 2 is 1.70 bits per heavy atom. The molecule has 9 heteroatoms. The molecule has 0 aromatic rings. The maximum Gasteiger partial charge on any atom is 0.410 e. The average Bonchev–Trinajstić information content (AvgIpc) is 3.22. The molecule has 8 nitrogen and oxygen atoms in total. The van der Waals surface area contributed by atoms with Gasteiger partial charge in [0.25, 0.3) is 0 Å². The number of hydroxylamine groups is 1. The summed E-state index contributed by atoms with van der Waals surface area (Å²) in [4.78, 5) is 22.4. The zero-order valence-corrected chi connectivity index (χ0v) is 20.9. The molecule has 1 aliphatic carbocycles. The molecular formula is C24H43FN4O4. The fraction of sp³-hybridized carbons (Fsp3) is 0.958. The first-order chi connectivity index (χ1) is 15.6. The van der Waals surface area contributed by atoms with Gasteiger partial charge in [0.1, 0.15) is 18.0 Å². The number of likely N-dealkylation sites (tertiary alicyclic amines) is 1. The number of nitrogens with zero attached hydrogens (tertiary/aromatic N) is 2. The van der Waals surface area contributed by atoms with Crippen LogP contribution >= 0.6 is 0 Å². The van der Waals surface area contributed by atoms with Crippen LogP contribution in [0.4, 0.5) is 9.18 Å². The molecule has 4 rings (SSSR count). The van der Waals surface area contributed by atoms with Gasteiger partial charge in [-0.3, -0.25) is 15.1 Å². The number of ether oxygens (including phenoxy) is 2. The lowest BCUT2D eigenvalue weighted by atomic mass is 9.82. The summed E-state index contributed by atoms with van der Waals surface area (Å²) in [5.74, 6) is 0.651. The minimum Gasteiger partial charge on any atom is -0.444 e. The Bertz CT molecular complexity index is 659. The Labute approximate surface area is 197 Å². The number of carbonyl (C=O) groups excluding carboxylic acids is 1. The van der Waals surface area contributed by atoms with Gasteiger partial charge in [0.2, 0.25) is 0 Å². The molecule has 7 unspecified atom stereocenters. The molecule has 4 fully saturated rings. The summed E-state index contributed by atoms with van der Waals surface area (Å²) in [7, 11) is 0. The molecule has 1 saturated carbocycles. The maximum absolute atomic E-state index is 14.9. The molecule has 2 N–H and O–H groups in total. The van der Waals surface area contributed by atoms with Crippen LogP contribution in [0.25, 0.3) is 0 Å². The summed E-state index contributed by atoms with van der Waals surface area (Å²) in [6, 6.07) is -0.0703. The summed E-state index contributed by atoms with van der Waals surface area (Å²) in [6.07, 6.45) is 3.19. The molecule has 0 bridgehead atoms. The second-order valence-electron chi connectivity index (χ2n) is 11.5. The highest BCUT2D eigenvalue weighted by molar-refractivity contribution is 5.68. The van der Waals surface area contributed by atoms with E-state index in [1.165, 1.54) is 0 Å². The van der Waals surface area contributed by atoms with Gasteiger partial charge in [-0.2, -0.15) is 5.48 Å². The van der Waals surface area contributed by atoms with Crippen molar-refractivity contribution in [2.75, 3.05) is 26.2 Å². The molecule has 0 aromatic heterocycles. The minimum atomic E-state index is -0.791. The van der Waals surface area contributed by atoms with E-state index in [-0.39, 0.29) is 42.7 Å². The van der Waals surface area contributed by atoms with Crippen molar-refractivity contribution < 1.29 is 23.5 Å². The molecule has 3 saturated heterocycles. The Morgan fingerprint density at radius 1 is 1.03 bits per heavy atom. The number of morpholine rings is 1. The van der Waals surface area contributed by atoms with Crippen molar-refractivity contribution >= 4 is 6.09 Å². The molecule has 33 heavy (non-hydrogen) atoms. The normalized spacial score (nSPS) is 39.6. The first-order valence-corrected chi connectivity index (χ1v) is 12.8. The summed E-state index contributed by atoms with van der Waals surface area (Å²) in [5.41, 5.74) is 2.73. The predicted molar refractivity (Wildman–Crippen MR) is 123 cm³/mol. The van der Waals surface area contributed by atoms with Crippen molar-refractivity contribution in [2.45, 2.75) is 109 Å².